The number of nitrogens with one attached hydrogen (secondary N) is 1. The molecule has 4 aromatic rings. The topological polar surface area (TPSA) is 64.0 Å². The van der Waals surface area contributed by atoms with E-state index >= 15 is 0 Å². The number of halogens is 1. The zero-order valence-corrected chi connectivity index (χ0v) is 19.6. The number of aromatic nitrogens is 2. The molecule has 5 nitrogen and oxygen atoms in total. The Bertz CT molecular complexity index is 1310. The van der Waals surface area contributed by atoms with Gasteiger partial charge in [-0.1, -0.05) is 84.0 Å². The van der Waals surface area contributed by atoms with E-state index in [1.165, 1.54) is 17.3 Å². The van der Waals surface area contributed by atoms with E-state index in [0.29, 0.717) is 33.4 Å². The summed E-state index contributed by atoms with van der Waals surface area (Å²) in [4.78, 5) is 30.3. The minimum Gasteiger partial charge on any atom is -0.356 e. The van der Waals surface area contributed by atoms with Crippen molar-refractivity contribution in [3.05, 3.63) is 105 Å². The van der Waals surface area contributed by atoms with Gasteiger partial charge < -0.3 is 5.32 Å². The van der Waals surface area contributed by atoms with Gasteiger partial charge >= 0.3 is 0 Å². The highest BCUT2D eigenvalue weighted by Crippen LogP contribution is 2.26. The van der Waals surface area contributed by atoms with Crippen LogP contribution in [-0.2, 0) is 23.5 Å². The van der Waals surface area contributed by atoms with Crippen molar-refractivity contribution < 1.29 is 4.79 Å². The molecule has 7 heteroatoms. The average Bonchev–Trinajstić information content (AvgIpc) is 2.84. The van der Waals surface area contributed by atoms with Gasteiger partial charge in [0.15, 0.2) is 5.16 Å². The van der Waals surface area contributed by atoms with Gasteiger partial charge in [0.05, 0.1) is 10.9 Å². The third-order valence-electron chi connectivity index (χ3n) is 5.28. The molecule has 3 aromatic carbocycles. The van der Waals surface area contributed by atoms with E-state index in [0.717, 1.165) is 12.0 Å². The summed E-state index contributed by atoms with van der Waals surface area (Å²) in [5.41, 5.74) is 2.65. The van der Waals surface area contributed by atoms with Crippen molar-refractivity contribution in [1.82, 2.24) is 14.9 Å². The fourth-order valence-electron chi connectivity index (χ4n) is 3.51. The van der Waals surface area contributed by atoms with Crippen molar-refractivity contribution >= 4 is 40.2 Å². The molecule has 0 unspecified atom stereocenters. The van der Waals surface area contributed by atoms with Gasteiger partial charge in [-0.25, -0.2) is 4.98 Å². The van der Waals surface area contributed by atoms with Gasteiger partial charge in [-0.2, -0.15) is 0 Å². The molecule has 0 radical (unpaired) electrons. The minimum absolute atomic E-state index is 0.0898. The lowest BCUT2D eigenvalue weighted by Gasteiger charge is -2.13. The number of hydrogen-bond acceptors (Lipinski definition) is 4. The fraction of sp³-hybridized carbons (Fsp3) is 0.192. The van der Waals surface area contributed by atoms with Crippen LogP contribution in [0.15, 0.2) is 88.8 Å². The molecule has 0 atom stereocenters. The molecule has 0 bridgehead atoms. The Balaban J connectivity index is 1.47. The molecule has 4 rings (SSSR count). The van der Waals surface area contributed by atoms with E-state index in [9.17, 15) is 9.59 Å². The van der Waals surface area contributed by atoms with Gasteiger partial charge in [-0.15, -0.1) is 0 Å². The van der Waals surface area contributed by atoms with Crippen LogP contribution in [0.1, 0.15) is 17.5 Å². The summed E-state index contributed by atoms with van der Waals surface area (Å²) in [5, 5.41) is 4.75. The molecule has 0 spiro atoms. The molecule has 0 saturated heterocycles. The Morgan fingerprint density at radius 2 is 1.70 bits per heavy atom. The largest absolute Gasteiger partial charge is 0.356 e. The molecular formula is C26H24ClN3O2S. The summed E-state index contributed by atoms with van der Waals surface area (Å²) >= 11 is 7.74. The second kappa shape index (κ2) is 11.2. The summed E-state index contributed by atoms with van der Waals surface area (Å²) in [6, 6.07) is 24.9. The van der Waals surface area contributed by atoms with Crippen LogP contribution in [0.4, 0.5) is 0 Å². The van der Waals surface area contributed by atoms with Crippen molar-refractivity contribution in [3.63, 3.8) is 0 Å². The van der Waals surface area contributed by atoms with Crippen LogP contribution >= 0.6 is 23.4 Å². The monoisotopic (exact) mass is 477 g/mol. The van der Waals surface area contributed by atoms with Crippen LogP contribution < -0.4 is 10.9 Å². The Morgan fingerprint density at radius 1 is 0.970 bits per heavy atom. The van der Waals surface area contributed by atoms with Gasteiger partial charge in [0, 0.05) is 30.3 Å². The summed E-state index contributed by atoms with van der Waals surface area (Å²) in [5.74, 6) is 0.487. The first-order valence-corrected chi connectivity index (χ1v) is 12.1. The Morgan fingerprint density at radius 3 is 2.52 bits per heavy atom. The molecule has 168 valence electrons. The number of para-hydroxylation sites is 1. The van der Waals surface area contributed by atoms with E-state index in [2.05, 4.69) is 5.32 Å². The number of hydrogen-bond donors (Lipinski definition) is 1. The van der Waals surface area contributed by atoms with Gasteiger partial charge in [0.25, 0.3) is 5.56 Å². The maximum absolute atomic E-state index is 13.2. The number of benzene rings is 3. The highest BCUT2D eigenvalue weighted by molar-refractivity contribution is 7.98. The van der Waals surface area contributed by atoms with Crippen molar-refractivity contribution in [2.24, 2.45) is 0 Å². The van der Waals surface area contributed by atoms with E-state index in [-0.39, 0.29) is 24.4 Å². The SMILES string of the molecule is O=C(CCn1c(SCc2ccccc2Cl)nc2ccccc2c1=O)NCCc1ccccc1. The molecule has 0 fully saturated rings. The zero-order valence-electron chi connectivity index (χ0n) is 18.0. The summed E-state index contributed by atoms with van der Waals surface area (Å²) < 4.78 is 1.60. The van der Waals surface area contributed by atoms with E-state index < -0.39 is 0 Å². The molecule has 1 N–H and O–H groups in total. The lowest BCUT2D eigenvalue weighted by atomic mass is 10.1. The summed E-state index contributed by atoms with van der Waals surface area (Å²) in [6.07, 6.45) is 0.970. The normalized spacial score (nSPS) is 10.9. The highest BCUT2D eigenvalue weighted by atomic mass is 35.5. The zero-order chi connectivity index (χ0) is 23.0. The lowest BCUT2D eigenvalue weighted by Crippen LogP contribution is -2.30. The van der Waals surface area contributed by atoms with E-state index in [1.807, 2.05) is 72.8 Å². The van der Waals surface area contributed by atoms with Gasteiger partial charge in [-0.05, 0) is 35.7 Å². The lowest BCUT2D eigenvalue weighted by molar-refractivity contribution is -0.121. The first-order chi connectivity index (χ1) is 16.1. The van der Waals surface area contributed by atoms with Crippen molar-refractivity contribution in [1.29, 1.82) is 0 Å². The fourth-order valence-corrected chi connectivity index (χ4v) is 4.82. The van der Waals surface area contributed by atoms with Crippen LogP contribution in [-0.4, -0.2) is 22.0 Å². The molecule has 0 aliphatic heterocycles. The standard InChI is InChI=1S/C26H24ClN3O2S/c27-22-12-6-4-10-20(22)18-33-26-29-23-13-7-5-11-21(23)25(32)30(26)17-15-24(31)28-16-14-19-8-2-1-3-9-19/h1-13H,14-18H2,(H,28,31). The van der Waals surface area contributed by atoms with Crippen LogP contribution in [0, 0.1) is 0 Å². The maximum atomic E-state index is 13.2. The predicted octanol–water partition coefficient (Wildman–Crippen LogP) is 5.09. The Hall–Kier alpha value is -3.09. The number of amides is 1. The minimum atomic E-state index is -0.139. The maximum Gasteiger partial charge on any atom is 0.262 e. The van der Waals surface area contributed by atoms with Crippen LogP contribution in [0.25, 0.3) is 10.9 Å². The molecule has 1 heterocycles. The first-order valence-electron chi connectivity index (χ1n) is 10.8. The van der Waals surface area contributed by atoms with E-state index in [1.54, 1.807) is 10.6 Å². The predicted molar refractivity (Wildman–Crippen MR) is 135 cm³/mol. The van der Waals surface area contributed by atoms with Crippen molar-refractivity contribution in [2.45, 2.75) is 30.3 Å². The third kappa shape index (κ3) is 6.03. The number of nitrogens with zero attached hydrogens (tertiary/aromatic N) is 2. The molecule has 0 saturated carbocycles. The molecular weight excluding hydrogens is 454 g/mol. The Labute approximate surface area is 201 Å². The number of rotatable bonds is 9. The number of carbonyl (C=O) groups is 1. The number of carbonyl (C=O) groups excluding carboxylic acids is 1. The van der Waals surface area contributed by atoms with Gasteiger partial charge in [0.1, 0.15) is 0 Å². The second-order valence-corrected chi connectivity index (χ2v) is 8.93. The summed E-state index contributed by atoms with van der Waals surface area (Å²) in [6.45, 7) is 0.820. The van der Waals surface area contributed by atoms with Gasteiger partial charge in [-0.3, -0.25) is 14.2 Å². The molecule has 1 aromatic heterocycles. The molecule has 33 heavy (non-hydrogen) atoms. The first kappa shape index (κ1) is 23.1. The molecule has 1 amide bonds. The van der Waals surface area contributed by atoms with Gasteiger partial charge in [0.2, 0.25) is 5.91 Å². The second-order valence-electron chi connectivity index (χ2n) is 7.58. The van der Waals surface area contributed by atoms with Crippen molar-refractivity contribution in [2.75, 3.05) is 6.54 Å². The van der Waals surface area contributed by atoms with Crippen LogP contribution in [0.5, 0.6) is 0 Å². The molecule has 0 aliphatic carbocycles. The van der Waals surface area contributed by atoms with Crippen molar-refractivity contribution in [3.8, 4) is 0 Å². The Kier molecular flexibility index (Phi) is 7.81. The van der Waals surface area contributed by atoms with Crippen LogP contribution in [0.3, 0.4) is 0 Å². The number of thioether (sulfide) groups is 1. The quantitative estimate of drug-likeness (QED) is 0.269. The molecule has 0 aliphatic rings. The number of fused-ring (bicyclic) bond motifs is 1. The third-order valence-corrected chi connectivity index (χ3v) is 6.68. The highest BCUT2D eigenvalue weighted by Gasteiger charge is 2.14. The smallest absolute Gasteiger partial charge is 0.262 e. The average molecular weight is 478 g/mol. The summed E-state index contributed by atoms with van der Waals surface area (Å²) in [7, 11) is 0. The van der Waals surface area contributed by atoms with Crippen LogP contribution in [0.2, 0.25) is 5.02 Å². The van der Waals surface area contributed by atoms with E-state index in [4.69, 9.17) is 16.6 Å².